The lowest BCUT2D eigenvalue weighted by molar-refractivity contribution is -0.138. The number of ether oxygens (including phenoxy) is 1. The summed E-state index contributed by atoms with van der Waals surface area (Å²) in [6.45, 7) is 8.32. The Hall–Kier alpha value is -1.57. The van der Waals surface area contributed by atoms with Crippen LogP contribution in [0.3, 0.4) is 0 Å². The van der Waals surface area contributed by atoms with E-state index in [1.165, 1.54) is 5.56 Å². The zero-order valence-corrected chi connectivity index (χ0v) is 11.0. The van der Waals surface area contributed by atoms with Gasteiger partial charge in [-0.25, -0.2) is 4.79 Å². The molecule has 0 N–H and O–H groups in total. The van der Waals surface area contributed by atoms with Crippen molar-refractivity contribution < 1.29 is 9.53 Å². The van der Waals surface area contributed by atoms with Crippen LogP contribution < -0.4 is 0 Å². The van der Waals surface area contributed by atoms with E-state index in [4.69, 9.17) is 4.74 Å². The number of hydrogen-bond donors (Lipinski definition) is 0. The maximum Gasteiger partial charge on any atom is 0.333 e. The minimum atomic E-state index is -0.250. The summed E-state index contributed by atoms with van der Waals surface area (Å²) in [5.41, 5.74) is 2.96. The number of carbonyl (C=O) groups is 1. The van der Waals surface area contributed by atoms with E-state index in [2.05, 4.69) is 26.0 Å². The zero-order valence-electron chi connectivity index (χ0n) is 11.0. The molecule has 2 heteroatoms. The van der Waals surface area contributed by atoms with Crippen LogP contribution in [-0.4, -0.2) is 12.6 Å². The molecule has 0 unspecified atom stereocenters. The summed E-state index contributed by atoms with van der Waals surface area (Å²) in [5.74, 6) is 0.277. The Morgan fingerprint density at radius 2 is 1.88 bits per heavy atom. The molecule has 92 valence electrons. The van der Waals surface area contributed by atoms with E-state index in [9.17, 15) is 4.79 Å². The third-order valence-corrected chi connectivity index (χ3v) is 2.58. The van der Waals surface area contributed by atoms with Gasteiger partial charge in [-0.3, -0.25) is 0 Å². The molecule has 2 nitrogen and oxygen atoms in total. The van der Waals surface area contributed by atoms with E-state index in [1.807, 2.05) is 25.1 Å². The molecule has 0 aliphatic carbocycles. The Bertz CT molecular complexity index is 399. The lowest BCUT2D eigenvalue weighted by atomic mass is 10.0. The molecular formula is C15H20O2. The summed E-state index contributed by atoms with van der Waals surface area (Å²) in [7, 11) is 0. The van der Waals surface area contributed by atoms with Crippen LogP contribution in [0.25, 0.3) is 6.08 Å². The van der Waals surface area contributed by atoms with Crippen LogP contribution in [0, 0.1) is 0 Å². The van der Waals surface area contributed by atoms with Crippen LogP contribution in [0.4, 0.5) is 0 Å². The number of hydrogen-bond acceptors (Lipinski definition) is 2. The number of esters is 1. The fourth-order valence-electron chi connectivity index (χ4n) is 1.53. The first-order valence-corrected chi connectivity index (χ1v) is 6.00. The summed E-state index contributed by atoms with van der Waals surface area (Å²) in [5, 5.41) is 0. The van der Waals surface area contributed by atoms with E-state index >= 15 is 0 Å². The van der Waals surface area contributed by atoms with Gasteiger partial charge in [-0.15, -0.1) is 0 Å². The largest absolute Gasteiger partial charge is 0.463 e. The van der Waals surface area contributed by atoms with E-state index in [-0.39, 0.29) is 5.97 Å². The molecule has 0 aliphatic heterocycles. The molecule has 0 saturated carbocycles. The molecule has 1 aromatic carbocycles. The van der Waals surface area contributed by atoms with E-state index in [0.29, 0.717) is 18.1 Å². The first-order chi connectivity index (χ1) is 8.04. The molecule has 0 amide bonds. The van der Waals surface area contributed by atoms with Gasteiger partial charge in [-0.2, -0.15) is 0 Å². The number of benzene rings is 1. The van der Waals surface area contributed by atoms with Crippen molar-refractivity contribution in [2.45, 2.75) is 33.6 Å². The Labute approximate surface area is 103 Å². The molecular weight excluding hydrogens is 212 g/mol. The van der Waals surface area contributed by atoms with Crippen molar-refractivity contribution in [3.63, 3.8) is 0 Å². The molecule has 0 fully saturated rings. The maximum absolute atomic E-state index is 11.4. The Kier molecular flexibility index (Phi) is 4.95. The van der Waals surface area contributed by atoms with Crippen LogP contribution in [0.1, 0.15) is 44.7 Å². The highest BCUT2D eigenvalue weighted by atomic mass is 16.5. The van der Waals surface area contributed by atoms with Gasteiger partial charge in [0.05, 0.1) is 6.61 Å². The Morgan fingerprint density at radius 3 is 2.35 bits per heavy atom. The minimum absolute atomic E-state index is 0.250. The summed E-state index contributed by atoms with van der Waals surface area (Å²) in [6.07, 6.45) is 1.85. The molecule has 0 bridgehead atoms. The molecule has 0 spiro atoms. The van der Waals surface area contributed by atoms with E-state index < -0.39 is 0 Å². The molecule has 1 rings (SSSR count). The normalized spacial score (nSPS) is 11.7. The van der Waals surface area contributed by atoms with E-state index in [1.54, 1.807) is 6.92 Å². The molecule has 0 radical (unpaired) electrons. The van der Waals surface area contributed by atoms with Crippen LogP contribution in [0.15, 0.2) is 29.8 Å². The minimum Gasteiger partial charge on any atom is -0.463 e. The van der Waals surface area contributed by atoms with Gasteiger partial charge in [0, 0.05) is 5.57 Å². The van der Waals surface area contributed by atoms with Gasteiger partial charge in [-0.1, -0.05) is 38.1 Å². The van der Waals surface area contributed by atoms with Crippen LogP contribution >= 0.6 is 0 Å². The highest BCUT2D eigenvalue weighted by Crippen LogP contribution is 2.16. The van der Waals surface area contributed by atoms with Crippen LogP contribution in [0.2, 0.25) is 0 Å². The van der Waals surface area contributed by atoms with Crippen molar-refractivity contribution >= 4 is 12.0 Å². The van der Waals surface area contributed by atoms with Gasteiger partial charge in [0.15, 0.2) is 0 Å². The van der Waals surface area contributed by atoms with Crippen molar-refractivity contribution in [2.75, 3.05) is 6.61 Å². The average Bonchev–Trinajstić information content (AvgIpc) is 2.30. The fourth-order valence-corrected chi connectivity index (χ4v) is 1.53. The molecule has 0 aromatic heterocycles. The third-order valence-electron chi connectivity index (χ3n) is 2.58. The van der Waals surface area contributed by atoms with Crippen molar-refractivity contribution in [1.82, 2.24) is 0 Å². The summed E-state index contributed by atoms with van der Waals surface area (Å²) in [6, 6.07) is 8.24. The number of rotatable bonds is 4. The second-order valence-electron chi connectivity index (χ2n) is 4.37. The molecule has 0 atom stereocenters. The fraction of sp³-hybridized carbons (Fsp3) is 0.400. The lowest BCUT2D eigenvalue weighted by Gasteiger charge is -2.05. The highest BCUT2D eigenvalue weighted by molar-refractivity contribution is 5.92. The summed E-state index contributed by atoms with van der Waals surface area (Å²) >= 11 is 0. The van der Waals surface area contributed by atoms with Crippen molar-refractivity contribution in [2.24, 2.45) is 0 Å². The predicted molar refractivity (Wildman–Crippen MR) is 70.8 cm³/mol. The maximum atomic E-state index is 11.4. The standard InChI is InChI=1S/C15H20O2/c1-5-17-15(16)12(4)10-13-6-8-14(9-7-13)11(2)3/h6-11H,5H2,1-4H3/b12-10+. The topological polar surface area (TPSA) is 26.3 Å². The van der Waals surface area contributed by atoms with Crippen LogP contribution in [-0.2, 0) is 9.53 Å². The first-order valence-electron chi connectivity index (χ1n) is 6.00. The SMILES string of the molecule is CCOC(=O)/C(C)=C/c1ccc(C(C)C)cc1. The molecule has 17 heavy (non-hydrogen) atoms. The van der Waals surface area contributed by atoms with Gasteiger partial charge in [0.25, 0.3) is 0 Å². The quantitative estimate of drug-likeness (QED) is 0.583. The summed E-state index contributed by atoms with van der Waals surface area (Å²) in [4.78, 5) is 11.4. The van der Waals surface area contributed by atoms with Gasteiger partial charge >= 0.3 is 5.97 Å². The summed E-state index contributed by atoms with van der Waals surface area (Å²) < 4.78 is 4.93. The third kappa shape index (κ3) is 4.06. The molecule has 0 heterocycles. The second kappa shape index (κ2) is 6.24. The predicted octanol–water partition coefficient (Wildman–Crippen LogP) is 3.78. The second-order valence-corrected chi connectivity index (χ2v) is 4.37. The lowest BCUT2D eigenvalue weighted by Crippen LogP contribution is -2.04. The van der Waals surface area contributed by atoms with Gasteiger partial charge in [0.1, 0.15) is 0 Å². The molecule has 0 aliphatic rings. The molecule has 1 aromatic rings. The van der Waals surface area contributed by atoms with Gasteiger partial charge < -0.3 is 4.74 Å². The zero-order chi connectivity index (χ0) is 12.8. The smallest absolute Gasteiger partial charge is 0.333 e. The Balaban J connectivity index is 2.80. The van der Waals surface area contributed by atoms with Crippen molar-refractivity contribution in [3.05, 3.63) is 41.0 Å². The monoisotopic (exact) mass is 232 g/mol. The van der Waals surface area contributed by atoms with Crippen molar-refractivity contribution in [3.8, 4) is 0 Å². The van der Waals surface area contributed by atoms with E-state index in [0.717, 1.165) is 5.56 Å². The molecule has 0 saturated heterocycles. The van der Waals surface area contributed by atoms with Gasteiger partial charge in [-0.05, 0) is 37.0 Å². The highest BCUT2D eigenvalue weighted by Gasteiger charge is 2.04. The number of carbonyl (C=O) groups excluding carboxylic acids is 1. The van der Waals surface area contributed by atoms with Crippen LogP contribution in [0.5, 0.6) is 0 Å². The Morgan fingerprint density at radius 1 is 1.29 bits per heavy atom. The average molecular weight is 232 g/mol. The first kappa shape index (κ1) is 13.5. The van der Waals surface area contributed by atoms with Gasteiger partial charge in [0.2, 0.25) is 0 Å². The van der Waals surface area contributed by atoms with Crippen molar-refractivity contribution in [1.29, 1.82) is 0 Å².